The summed E-state index contributed by atoms with van der Waals surface area (Å²) in [6.45, 7) is 6.12. The molecule has 0 atom stereocenters. The second-order valence-corrected chi connectivity index (χ2v) is 2.73. The lowest BCUT2D eigenvalue weighted by Crippen LogP contribution is -2.46. The third kappa shape index (κ3) is 1.66. The monoisotopic (exact) mass is 129 g/mol. The van der Waals surface area contributed by atoms with Crippen molar-refractivity contribution in [3.05, 3.63) is 0 Å². The minimum Gasteiger partial charge on any atom is -0.396 e. The van der Waals surface area contributed by atoms with Gasteiger partial charge in [0.1, 0.15) is 0 Å². The first kappa shape index (κ1) is 7.03. The Morgan fingerprint density at radius 3 is 2.67 bits per heavy atom. The molecule has 0 unspecified atom stereocenters. The quantitative estimate of drug-likeness (QED) is 0.593. The maximum Gasteiger partial charge on any atom is 0.0434 e. The van der Waals surface area contributed by atoms with Crippen LogP contribution in [-0.2, 0) is 0 Å². The van der Waals surface area contributed by atoms with Crippen LogP contribution in [0.1, 0.15) is 13.3 Å². The lowest BCUT2D eigenvalue weighted by Gasteiger charge is -2.38. The number of hydrogen-bond acceptors (Lipinski definition) is 2. The van der Waals surface area contributed by atoms with Crippen LogP contribution in [0, 0.1) is 5.92 Å². The molecule has 1 saturated heterocycles. The first-order chi connectivity index (χ1) is 4.36. The van der Waals surface area contributed by atoms with Crippen molar-refractivity contribution in [1.29, 1.82) is 0 Å². The van der Waals surface area contributed by atoms with Crippen LogP contribution in [-0.4, -0.2) is 36.2 Å². The van der Waals surface area contributed by atoms with Crippen molar-refractivity contribution in [2.75, 3.05) is 26.2 Å². The highest BCUT2D eigenvalue weighted by Crippen LogP contribution is 2.16. The molecule has 0 saturated carbocycles. The number of aliphatic hydroxyl groups is 1. The number of nitrogens with zero attached hydrogens (tertiary/aromatic N) is 1. The Balaban J connectivity index is 1.98. The number of aliphatic hydroxyl groups excluding tert-OH is 1. The van der Waals surface area contributed by atoms with Gasteiger partial charge in [-0.15, -0.1) is 0 Å². The lowest BCUT2D eigenvalue weighted by molar-refractivity contribution is 0.0850. The zero-order chi connectivity index (χ0) is 6.69. The van der Waals surface area contributed by atoms with E-state index >= 15 is 0 Å². The SMILES string of the molecule is CCN1CC(CCO)C1. The molecule has 1 rings (SSSR count). The van der Waals surface area contributed by atoms with E-state index in [9.17, 15) is 0 Å². The van der Waals surface area contributed by atoms with Crippen LogP contribution in [0.25, 0.3) is 0 Å². The van der Waals surface area contributed by atoms with Gasteiger partial charge in [-0.2, -0.15) is 0 Å². The van der Waals surface area contributed by atoms with Crippen LogP contribution in [0.4, 0.5) is 0 Å². The zero-order valence-electron chi connectivity index (χ0n) is 6.01. The Kier molecular flexibility index (Phi) is 2.49. The molecule has 0 aromatic heterocycles. The van der Waals surface area contributed by atoms with Gasteiger partial charge in [0.25, 0.3) is 0 Å². The van der Waals surface area contributed by atoms with Gasteiger partial charge in [0.05, 0.1) is 0 Å². The summed E-state index contributed by atoms with van der Waals surface area (Å²) < 4.78 is 0. The van der Waals surface area contributed by atoms with E-state index in [4.69, 9.17) is 5.11 Å². The van der Waals surface area contributed by atoms with Crippen molar-refractivity contribution in [3.63, 3.8) is 0 Å². The van der Waals surface area contributed by atoms with Crippen molar-refractivity contribution >= 4 is 0 Å². The fourth-order valence-electron chi connectivity index (χ4n) is 1.30. The molecule has 1 N–H and O–H groups in total. The van der Waals surface area contributed by atoms with Crippen LogP contribution < -0.4 is 0 Å². The first-order valence-electron chi connectivity index (χ1n) is 3.70. The lowest BCUT2D eigenvalue weighted by atomic mass is 9.97. The number of hydrogen-bond donors (Lipinski definition) is 1. The van der Waals surface area contributed by atoms with E-state index in [1.54, 1.807) is 0 Å². The van der Waals surface area contributed by atoms with Crippen LogP contribution in [0.5, 0.6) is 0 Å². The van der Waals surface area contributed by atoms with Gasteiger partial charge in [-0.3, -0.25) is 0 Å². The molecule has 2 heteroatoms. The third-order valence-corrected chi connectivity index (χ3v) is 2.02. The van der Waals surface area contributed by atoms with Crippen molar-refractivity contribution in [1.82, 2.24) is 4.90 Å². The largest absolute Gasteiger partial charge is 0.396 e. The number of likely N-dealkylation sites (tertiary alicyclic amines) is 1. The average Bonchev–Trinajstić information content (AvgIpc) is 1.77. The molecule has 1 aliphatic rings. The summed E-state index contributed by atoms with van der Waals surface area (Å²) in [6.07, 6.45) is 0.997. The van der Waals surface area contributed by atoms with Crippen molar-refractivity contribution in [2.24, 2.45) is 5.92 Å². The van der Waals surface area contributed by atoms with E-state index < -0.39 is 0 Å². The van der Waals surface area contributed by atoms with E-state index in [0.717, 1.165) is 12.3 Å². The van der Waals surface area contributed by atoms with E-state index in [-0.39, 0.29) is 0 Å². The van der Waals surface area contributed by atoms with Gasteiger partial charge < -0.3 is 10.0 Å². The molecule has 0 bridgehead atoms. The Morgan fingerprint density at radius 2 is 2.22 bits per heavy atom. The van der Waals surface area contributed by atoms with Gasteiger partial charge in [0, 0.05) is 19.7 Å². The Morgan fingerprint density at radius 1 is 1.56 bits per heavy atom. The van der Waals surface area contributed by atoms with Crippen LogP contribution in [0.2, 0.25) is 0 Å². The maximum atomic E-state index is 8.54. The third-order valence-electron chi connectivity index (χ3n) is 2.02. The highest BCUT2D eigenvalue weighted by molar-refractivity contribution is 4.77. The van der Waals surface area contributed by atoms with Gasteiger partial charge in [0.15, 0.2) is 0 Å². The smallest absolute Gasteiger partial charge is 0.0434 e. The molecule has 0 aliphatic carbocycles. The van der Waals surface area contributed by atoms with Gasteiger partial charge in [-0.25, -0.2) is 0 Å². The van der Waals surface area contributed by atoms with Crippen LogP contribution >= 0.6 is 0 Å². The minimum absolute atomic E-state index is 0.363. The molecule has 1 heterocycles. The van der Waals surface area contributed by atoms with Crippen molar-refractivity contribution in [2.45, 2.75) is 13.3 Å². The minimum atomic E-state index is 0.363. The molecule has 9 heavy (non-hydrogen) atoms. The first-order valence-corrected chi connectivity index (χ1v) is 3.70. The second kappa shape index (κ2) is 3.18. The molecule has 0 radical (unpaired) electrons. The predicted octanol–water partition coefficient (Wildman–Crippen LogP) is 0.321. The zero-order valence-corrected chi connectivity index (χ0v) is 6.01. The van der Waals surface area contributed by atoms with Crippen LogP contribution in [0.15, 0.2) is 0 Å². The molecule has 54 valence electrons. The van der Waals surface area contributed by atoms with Gasteiger partial charge in [-0.1, -0.05) is 6.92 Å². The summed E-state index contributed by atoms with van der Waals surface area (Å²) in [7, 11) is 0. The molecular formula is C7H15NO. The Bertz CT molecular complexity index is 79.0. The summed E-state index contributed by atoms with van der Waals surface area (Å²) in [5, 5.41) is 8.54. The summed E-state index contributed by atoms with van der Waals surface area (Å²) >= 11 is 0. The van der Waals surface area contributed by atoms with Crippen molar-refractivity contribution in [3.8, 4) is 0 Å². The summed E-state index contributed by atoms with van der Waals surface area (Å²) in [6, 6.07) is 0. The topological polar surface area (TPSA) is 23.5 Å². The molecule has 0 aromatic carbocycles. The fraction of sp³-hybridized carbons (Fsp3) is 1.00. The number of rotatable bonds is 3. The summed E-state index contributed by atoms with van der Waals surface area (Å²) in [5.74, 6) is 0.787. The standard InChI is InChI=1S/C7H15NO/c1-2-8-5-7(6-8)3-4-9/h7,9H,2-6H2,1H3. The molecule has 0 aromatic rings. The van der Waals surface area contributed by atoms with Crippen molar-refractivity contribution < 1.29 is 5.11 Å². The molecule has 0 spiro atoms. The maximum absolute atomic E-state index is 8.54. The average molecular weight is 129 g/mol. The van der Waals surface area contributed by atoms with Gasteiger partial charge in [-0.05, 0) is 18.9 Å². The van der Waals surface area contributed by atoms with Gasteiger partial charge in [0.2, 0.25) is 0 Å². The summed E-state index contributed by atoms with van der Waals surface area (Å²) in [5.41, 5.74) is 0. The molecule has 0 amide bonds. The highest BCUT2D eigenvalue weighted by atomic mass is 16.3. The fourth-order valence-corrected chi connectivity index (χ4v) is 1.30. The van der Waals surface area contributed by atoms with Gasteiger partial charge >= 0.3 is 0 Å². The molecule has 2 nitrogen and oxygen atoms in total. The Hall–Kier alpha value is -0.0800. The normalized spacial score (nSPS) is 22.0. The highest BCUT2D eigenvalue weighted by Gasteiger charge is 2.23. The van der Waals surface area contributed by atoms with E-state index in [2.05, 4.69) is 11.8 Å². The molecular weight excluding hydrogens is 114 g/mol. The second-order valence-electron chi connectivity index (χ2n) is 2.73. The van der Waals surface area contributed by atoms with Crippen LogP contribution in [0.3, 0.4) is 0 Å². The molecule has 1 fully saturated rings. The Labute approximate surface area is 56.5 Å². The van der Waals surface area contributed by atoms with E-state index in [1.807, 2.05) is 0 Å². The van der Waals surface area contributed by atoms with E-state index in [1.165, 1.54) is 19.6 Å². The predicted molar refractivity (Wildman–Crippen MR) is 37.3 cm³/mol. The molecule has 1 aliphatic heterocycles. The van der Waals surface area contributed by atoms with E-state index in [0.29, 0.717) is 6.61 Å². The summed E-state index contributed by atoms with van der Waals surface area (Å²) in [4.78, 5) is 2.39.